The van der Waals surface area contributed by atoms with Gasteiger partial charge in [0.05, 0.1) is 6.61 Å². The molecule has 2 heteroatoms. The molecule has 1 rings (SSSR count). The lowest BCUT2D eigenvalue weighted by molar-refractivity contribution is 0.305. The summed E-state index contributed by atoms with van der Waals surface area (Å²) < 4.78 is 5.46. The summed E-state index contributed by atoms with van der Waals surface area (Å²) in [6.07, 6.45) is 5.23. The molecule has 0 spiro atoms. The van der Waals surface area contributed by atoms with Crippen LogP contribution in [0.1, 0.15) is 37.8 Å². The van der Waals surface area contributed by atoms with Crippen LogP contribution in [0.15, 0.2) is 12.3 Å². The number of rotatable bonds is 5. The van der Waals surface area contributed by atoms with Crippen molar-refractivity contribution in [2.75, 3.05) is 6.61 Å². The predicted octanol–water partition coefficient (Wildman–Crippen LogP) is 3.13. The Bertz CT molecular complexity index is 284. The van der Waals surface area contributed by atoms with Gasteiger partial charge in [-0.15, -0.1) is 0 Å². The first kappa shape index (κ1) is 11.0. The van der Waals surface area contributed by atoms with Crippen LogP contribution in [0.4, 0.5) is 0 Å². The van der Waals surface area contributed by atoms with Crippen molar-refractivity contribution >= 4 is 0 Å². The van der Waals surface area contributed by atoms with Crippen LogP contribution in [0.25, 0.3) is 0 Å². The summed E-state index contributed by atoms with van der Waals surface area (Å²) in [5.74, 6) is 0.754. The van der Waals surface area contributed by atoms with E-state index < -0.39 is 0 Å². The molecule has 0 radical (unpaired) electrons. The van der Waals surface area contributed by atoms with Gasteiger partial charge in [-0.3, -0.25) is 0 Å². The minimum absolute atomic E-state index is 0.750. The van der Waals surface area contributed by atoms with Crippen molar-refractivity contribution in [1.29, 1.82) is 0 Å². The molecule has 1 aromatic heterocycles. The molecule has 0 fully saturated rings. The topological polar surface area (TPSA) is 22.1 Å². The Morgan fingerprint density at radius 2 is 2.07 bits per heavy atom. The summed E-state index contributed by atoms with van der Waals surface area (Å²) in [6, 6.07) is 2.03. The highest BCUT2D eigenvalue weighted by molar-refractivity contribution is 5.28. The van der Waals surface area contributed by atoms with E-state index in [1.165, 1.54) is 11.1 Å². The van der Waals surface area contributed by atoms with E-state index in [2.05, 4.69) is 25.8 Å². The molecule has 0 bridgehead atoms. The number of aromatic nitrogens is 1. The summed E-state index contributed by atoms with van der Waals surface area (Å²) in [4.78, 5) is 4.27. The van der Waals surface area contributed by atoms with Crippen molar-refractivity contribution in [2.45, 2.75) is 40.0 Å². The zero-order chi connectivity index (χ0) is 10.4. The van der Waals surface area contributed by atoms with Crippen LogP contribution in [0.3, 0.4) is 0 Å². The Hall–Kier alpha value is -1.05. The monoisotopic (exact) mass is 193 g/mol. The van der Waals surface area contributed by atoms with Crippen molar-refractivity contribution in [3.63, 3.8) is 0 Å². The molecule has 14 heavy (non-hydrogen) atoms. The van der Waals surface area contributed by atoms with E-state index in [1.807, 2.05) is 12.3 Å². The number of hydrogen-bond donors (Lipinski definition) is 0. The number of pyridine rings is 1. The van der Waals surface area contributed by atoms with Gasteiger partial charge in [0.1, 0.15) is 0 Å². The summed E-state index contributed by atoms with van der Waals surface area (Å²) in [5.41, 5.74) is 2.62. The third kappa shape index (κ3) is 3.02. The van der Waals surface area contributed by atoms with Crippen molar-refractivity contribution in [3.05, 3.63) is 23.4 Å². The van der Waals surface area contributed by atoms with E-state index in [4.69, 9.17) is 4.74 Å². The SMILES string of the molecule is CCCOc1cc(C)c(CCC)cn1. The fourth-order valence-corrected chi connectivity index (χ4v) is 1.38. The van der Waals surface area contributed by atoms with Gasteiger partial charge in [0.15, 0.2) is 0 Å². The maximum Gasteiger partial charge on any atom is 0.213 e. The molecule has 0 unspecified atom stereocenters. The molecule has 0 aromatic carbocycles. The van der Waals surface area contributed by atoms with Gasteiger partial charge >= 0.3 is 0 Å². The van der Waals surface area contributed by atoms with Crippen molar-refractivity contribution in [3.8, 4) is 5.88 Å². The highest BCUT2D eigenvalue weighted by Gasteiger charge is 2.00. The normalized spacial score (nSPS) is 10.2. The number of hydrogen-bond acceptors (Lipinski definition) is 2. The van der Waals surface area contributed by atoms with Crippen LogP contribution in [0.5, 0.6) is 5.88 Å². The molecule has 0 aliphatic carbocycles. The van der Waals surface area contributed by atoms with Gasteiger partial charge in [-0.2, -0.15) is 0 Å². The predicted molar refractivity (Wildman–Crippen MR) is 58.8 cm³/mol. The Balaban J connectivity index is 2.68. The quantitative estimate of drug-likeness (QED) is 0.716. The molecule has 0 aliphatic rings. The summed E-state index contributed by atoms with van der Waals surface area (Å²) in [7, 11) is 0. The molecule has 1 heterocycles. The van der Waals surface area contributed by atoms with E-state index in [-0.39, 0.29) is 0 Å². The lowest BCUT2D eigenvalue weighted by Gasteiger charge is -2.07. The van der Waals surface area contributed by atoms with Crippen LogP contribution in [-0.2, 0) is 6.42 Å². The highest BCUT2D eigenvalue weighted by Crippen LogP contribution is 2.15. The van der Waals surface area contributed by atoms with Crippen LogP contribution in [0.2, 0.25) is 0 Å². The maximum absolute atomic E-state index is 5.46. The zero-order valence-electron chi connectivity index (χ0n) is 9.34. The van der Waals surface area contributed by atoms with Gasteiger partial charge in [0.2, 0.25) is 5.88 Å². The Labute approximate surface area is 86.3 Å². The van der Waals surface area contributed by atoms with E-state index in [0.29, 0.717) is 0 Å². The fraction of sp³-hybridized carbons (Fsp3) is 0.583. The smallest absolute Gasteiger partial charge is 0.213 e. The molecule has 0 saturated carbocycles. The number of aryl methyl sites for hydroxylation is 2. The molecule has 0 N–H and O–H groups in total. The number of nitrogens with zero attached hydrogens (tertiary/aromatic N) is 1. The molecule has 0 saturated heterocycles. The highest BCUT2D eigenvalue weighted by atomic mass is 16.5. The van der Waals surface area contributed by atoms with Gasteiger partial charge in [-0.1, -0.05) is 20.3 Å². The van der Waals surface area contributed by atoms with Crippen LogP contribution < -0.4 is 4.74 Å². The Morgan fingerprint density at radius 1 is 1.29 bits per heavy atom. The van der Waals surface area contributed by atoms with E-state index in [9.17, 15) is 0 Å². The molecular formula is C12H19NO. The van der Waals surface area contributed by atoms with Crippen molar-refractivity contribution in [2.24, 2.45) is 0 Å². The fourth-order valence-electron chi connectivity index (χ4n) is 1.38. The molecule has 78 valence electrons. The van der Waals surface area contributed by atoms with Gasteiger partial charge in [0.25, 0.3) is 0 Å². The maximum atomic E-state index is 5.46. The summed E-state index contributed by atoms with van der Waals surface area (Å²) in [6.45, 7) is 7.14. The summed E-state index contributed by atoms with van der Waals surface area (Å²) in [5, 5.41) is 0. The molecule has 0 atom stereocenters. The van der Waals surface area contributed by atoms with Crippen molar-refractivity contribution < 1.29 is 4.74 Å². The first-order valence-electron chi connectivity index (χ1n) is 5.36. The van der Waals surface area contributed by atoms with Gasteiger partial charge in [0, 0.05) is 12.3 Å². The van der Waals surface area contributed by atoms with E-state index >= 15 is 0 Å². The Morgan fingerprint density at radius 3 is 2.64 bits per heavy atom. The molecule has 2 nitrogen and oxygen atoms in total. The lowest BCUT2D eigenvalue weighted by Crippen LogP contribution is -1.99. The van der Waals surface area contributed by atoms with Crippen molar-refractivity contribution in [1.82, 2.24) is 4.98 Å². The first-order valence-corrected chi connectivity index (χ1v) is 5.36. The van der Waals surface area contributed by atoms with E-state index in [0.717, 1.165) is 31.7 Å². The Kier molecular flexibility index (Phi) is 4.44. The molecule has 0 aliphatic heterocycles. The minimum atomic E-state index is 0.750. The minimum Gasteiger partial charge on any atom is -0.478 e. The first-order chi connectivity index (χ1) is 6.77. The van der Waals surface area contributed by atoms with Gasteiger partial charge < -0.3 is 4.74 Å². The standard InChI is InChI=1S/C12H19NO/c1-4-6-11-9-13-12(8-10(11)3)14-7-5-2/h8-9H,4-7H2,1-3H3. The lowest BCUT2D eigenvalue weighted by atomic mass is 10.1. The van der Waals surface area contributed by atoms with Crippen LogP contribution >= 0.6 is 0 Å². The number of ether oxygens (including phenoxy) is 1. The van der Waals surface area contributed by atoms with Gasteiger partial charge in [-0.25, -0.2) is 4.98 Å². The second-order valence-electron chi connectivity index (χ2n) is 3.55. The molecular weight excluding hydrogens is 174 g/mol. The van der Waals surface area contributed by atoms with Crippen LogP contribution in [-0.4, -0.2) is 11.6 Å². The zero-order valence-corrected chi connectivity index (χ0v) is 9.34. The van der Waals surface area contributed by atoms with E-state index in [1.54, 1.807) is 0 Å². The molecule has 1 aromatic rings. The second-order valence-corrected chi connectivity index (χ2v) is 3.55. The second kappa shape index (κ2) is 5.63. The third-order valence-corrected chi connectivity index (χ3v) is 2.17. The van der Waals surface area contributed by atoms with Crippen LogP contribution in [0, 0.1) is 6.92 Å². The average Bonchev–Trinajstić information content (AvgIpc) is 2.19. The largest absolute Gasteiger partial charge is 0.478 e. The third-order valence-electron chi connectivity index (χ3n) is 2.17. The average molecular weight is 193 g/mol. The summed E-state index contributed by atoms with van der Waals surface area (Å²) >= 11 is 0. The molecule has 0 amide bonds. The van der Waals surface area contributed by atoms with Gasteiger partial charge in [-0.05, 0) is 30.9 Å².